The van der Waals surface area contributed by atoms with Gasteiger partial charge in [-0.15, -0.1) is 0 Å². The van der Waals surface area contributed by atoms with E-state index in [4.69, 9.17) is 9.47 Å². The molecule has 2 rings (SSSR count). The van der Waals surface area contributed by atoms with Crippen molar-refractivity contribution >= 4 is 5.91 Å². The van der Waals surface area contributed by atoms with Crippen LogP contribution in [-0.2, 0) is 9.53 Å². The third kappa shape index (κ3) is 4.73. The van der Waals surface area contributed by atoms with Gasteiger partial charge in [-0.25, -0.2) is 0 Å². The molecule has 0 spiro atoms. The second-order valence-corrected chi connectivity index (χ2v) is 6.04. The average molecular weight is 305 g/mol. The molecule has 1 aliphatic rings. The Labute approximate surface area is 133 Å². The molecule has 0 aliphatic carbocycles. The summed E-state index contributed by atoms with van der Waals surface area (Å²) in [6.07, 6.45) is 2.19. The van der Waals surface area contributed by atoms with Crippen LogP contribution in [0.3, 0.4) is 0 Å². The summed E-state index contributed by atoms with van der Waals surface area (Å²) in [4.78, 5) is 14.2. The summed E-state index contributed by atoms with van der Waals surface area (Å²) >= 11 is 0. The highest BCUT2D eigenvalue weighted by Gasteiger charge is 2.23. The Kier molecular flexibility index (Phi) is 6.25. The lowest BCUT2D eigenvalue weighted by atomic mass is 9.99. The predicted octanol–water partition coefficient (Wildman–Crippen LogP) is 2.96. The fourth-order valence-electron chi connectivity index (χ4n) is 2.75. The first-order chi connectivity index (χ1) is 10.6. The molecule has 122 valence electrons. The number of nitrogens with zero attached hydrogens (tertiary/aromatic N) is 1. The zero-order valence-electron chi connectivity index (χ0n) is 13.9. The fourth-order valence-corrected chi connectivity index (χ4v) is 2.75. The van der Waals surface area contributed by atoms with Gasteiger partial charge in [0.2, 0.25) is 0 Å². The maximum Gasteiger partial charge on any atom is 0.260 e. The molecule has 0 saturated carbocycles. The smallest absolute Gasteiger partial charge is 0.260 e. The molecule has 1 aromatic carbocycles. The van der Waals surface area contributed by atoms with Crippen molar-refractivity contribution in [1.82, 2.24) is 4.90 Å². The highest BCUT2D eigenvalue weighted by Crippen LogP contribution is 2.19. The molecule has 1 aliphatic heterocycles. The lowest BCUT2D eigenvalue weighted by molar-refractivity contribution is -0.135. The van der Waals surface area contributed by atoms with E-state index in [9.17, 15) is 4.79 Å². The van der Waals surface area contributed by atoms with Gasteiger partial charge in [0.25, 0.3) is 5.91 Å². The van der Waals surface area contributed by atoms with Crippen LogP contribution in [-0.4, -0.2) is 43.7 Å². The first-order valence-electron chi connectivity index (χ1n) is 8.15. The molecule has 4 nitrogen and oxygen atoms in total. The van der Waals surface area contributed by atoms with E-state index in [1.807, 2.05) is 36.9 Å². The minimum absolute atomic E-state index is 0.0689. The molecule has 1 amide bonds. The number of likely N-dealkylation sites (tertiary alicyclic amines) is 1. The van der Waals surface area contributed by atoms with Crippen LogP contribution in [0.25, 0.3) is 0 Å². The van der Waals surface area contributed by atoms with Crippen molar-refractivity contribution in [3.05, 3.63) is 29.3 Å². The lowest BCUT2D eigenvalue weighted by Crippen LogP contribution is -2.43. The molecule has 1 heterocycles. The molecule has 4 heteroatoms. The Hall–Kier alpha value is -1.55. The van der Waals surface area contributed by atoms with Crippen LogP contribution in [0.4, 0.5) is 0 Å². The quantitative estimate of drug-likeness (QED) is 0.811. The first-order valence-corrected chi connectivity index (χ1v) is 8.15. The largest absolute Gasteiger partial charge is 0.484 e. The van der Waals surface area contributed by atoms with Gasteiger partial charge in [-0.3, -0.25) is 4.79 Å². The van der Waals surface area contributed by atoms with E-state index in [1.54, 1.807) is 0 Å². The first kappa shape index (κ1) is 16.8. The van der Waals surface area contributed by atoms with Crippen LogP contribution in [0.5, 0.6) is 5.75 Å². The predicted molar refractivity (Wildman–Crippen MR) is 87.2 cm³/mol. The zero-order valence-corrected chi connectivity index (χ0v) is 13.9. The Bertz CT molecular complexity index is 501. The number of benzene rings is 1. The average Bonchev–Trinajstić information content (AvgIpc) is 2.54. The monoisotopic (exact) mass is 305 g/mol. The third-order valence-electron chi connectivity index (χ3n) is 4.27. The summed E-state index contributed by atoms with van der Waals surface area (Å²) in [5.41, 5.74) is 2.41. The number of ether oxygens (including phenoxy) is 2. The normalized spacial score (nSPS) is 18.3. The van der Waals surface area contributed by atoms with Crippen LogP contribution < -0.4 is 4.74 Å². The summed E-state index contributed by atoms with van der Waals surface area (Å²) in [7, 11) is 0. The molecular formula is C18H27NO3. The van der Waals surface area contributed by atoms with Gasteiger partial charge in [0.15, 0.2) is 6.61 Å². The lowest BCUT2D eigenvalue weighted by Gasteiger charge is -2.32. The maximum absolute atomic E-state index is 12.3. The summed E-state index contributed by atoms with van der Waals surface area (Å²) in [6, 6.07) is 5.93. The van der Waals surface area contributed by atoms with Crippen LogP contribution in [0.1, 0.15) is 30.9 Å². The number of aryl methyl sites for hydroxylation is 2. The minimum atomic E-state index is 0.0689. The Morgan fingerprint density at radius 3 is 2.86 bits per heavy atom. The van der Waals surface area contributed by atoms with Crippen LogP contribution in [0.2, 0.25) is 0 Å². The number of rotatable bonds is 6. The van der Waals surface area contributed by atoms with Crippen molar-refractivity contribution in [3.63, 3.8) is 0 Å². The second-order valence-electron chi connectivity index (χ2n) is 6.04. The van der Waals surface area contributed by atoms with Crippen LogP contribution in [0.15, 0.2) is 18.2 Å². The van der Waals surface area contributed by atoms with E-state index in [1.165, 1.54) is 11.1 Å². The van der Waals surface area contributed by atoms with Crippen LogP contribution in [0, 0.1) is 19.8 Å². The number of carbonyl (C=O) groups excluding carboxylic acids is 1. The molecule has 22 heavy (non-hydrogen) atoms. The molecule has 0 N–H and O–H groups in total. The van der Waals surface area contributed by atoms with Gasteiger partial charge in [0.1, 0.15) is 5.75 Å². The molecule has 0 bridgehead atoms. The Morgan fingerprint density at radius 2 is 2.14 bits per heavy atom. The number of carbonyl (C=O) groups is 1. The van der Waals surface area contributed by atoms with Crippen molar-refractivity contribution < 1.29 is 14.3 Å². The van der Waals surface area contributed by atoms with Gasteiger partial charge in [-0.2, -0.15) is 0 Å². The van der Waals surface area contributed by atoms with E-state index in [2.05, 4.69) is 6.92 Å². The molecule has 0 radical (unpaired) electrons. The molecule has 1 atom stereocenters. The summed E-state index contributed by atoms with van der Waals surface area (Å²) in [5.74, 6) is 1.29. The minimum Gasteiger partial charge on any atom is -0.484 e. The highest BCUT2D eigenvalue weighted by atomic mass is 16.5. The molecule has 1 fully saturated rings. The molecule has 1 unspecified atom stereocenters. The third-order valence-corrected chi connectivity index (χ3v) is 4.27. The van der Waals surface area contributed by atoms with Gasteiger partial charge in [-0.05, 0) is 62.8 Å². The molecular weight excluding hydrogens is 278 g/mol. The summed E-state index contributed by atoms with van der Waals surface area (Å²) < 4.78 is 11.1. The van der Waals surface area contributed by atoms with Crippen LogP contribution >= 0.6 is 0 Å². The summed E-state index contributed by atoms with van der Waals surface area (Å²) in [5, 5.41) is 0. The van der Waals surface area contributed by atoms with Crippen molar-refractivity contribution in [2.45, 2.75) is 33.6 Å². The van der Waals surface area contributed by atoms with Gasteiger partial charge in [-0.1, -0.05) is 6.07 Å². The van der Waals surface area contributed by atoms with Gasteiger partial charge < -0.3 is 14.4 Å². The van der Waals surface area contributed by atoms with Gasteiger partial charge in [0, 0.05) is 19.7 Å². The Balaban J connectivity index is 1.82. The van der Waals surface area contributed by atoms with Crippen molar-refractivity contribution in [2.24, 2.45) is 5.92 Å². The van der Waals surface area contributed by atoms with E-state index in [-0.39, 0.29) is 12.5 Å². The SMILES string of the molecule is CCOCC1CCCN(C(=O)COc2ccc(C)c(C)c2)C1. The van der Waals surface area contributed by atoms with Crippen molar-refractivity contribution in [2.75, 3.05) is 32.9 Å². The number of hydrogen-bond donors (Lipinski definition) is 0. The number of amides is 1. The van der Waals surface area contributed by atoms with E-state index < -0.39 is 0 Å². The molecule has 1 saturated heterocycles. The maximum atomic E-state index is 12.3. The topological polar surface area (TPSA) is 38.8 Å². The second kappa shape index (κ2) is 8.18. The number of hydrogen-bond acceptors (Lipinski definition) is 3. The molecule has 1 aromatic rings. The van der Waals surface area contributed by atoms with Crippen molar-refractivity contribution in [1.29, 1.82) is 0 Å². The van der Waals surface area contributed by atoms with Gasteiger partial charge in [0.05, 0.1) is 6.61 Å². The van der Waals surface area contributed by atoms with Crippen molar-refractivity contribution in [3.8, 4) is 5.75 Å². The highest BCUT2D eigenvalue weighted by molar-refractivity contribution is 5.77. The number of piperidine rings is 1. The summed E-state index contributed by atoms with van der Waals surface area (Å²) in [6.45, 7) is 9.34. The van der Waals surface area contributed by atoms with Gasteiger partial charge >= 0.3 is 0 Å². The Morgan fingerprint density at radius 1 is 1.32 bits per heavy atom. The van der Waals surface area contributed by atoms with E-state index in [0.29, 0.717) is 5.92 Å². The standard InChI is InChI=1S/C18H27NO3/c1-4-21-12-16-6-5-9-19(11-16)18(20)13-22-17-8-7-14(2)15(3)10-17/h7-8,10,16H,4-6,9,11-13H2,1-3H3. The molecule has 0 aromatic heterocycles. The van der Waals surface area contributed by atoms with E-state index >= 15 is 0 Å². The fraction of sp³-hybridized carbons (Fsp3) is 0.611. The van der Waals surface area contributed by atoms with E-state index in [0.717, 1.165) is 44.9 Å². The zero-order chi connectivity index (χ0) is 15.9.